The molecule has 0 saturated heterocycles. The summed E-state index contributed by atoms with van der Waals surface area (Å²) in [7, 11) is 0. The van der Waals surface area contributed by atoms with E-state index in [1.165, 1.54) is 17.1 Å². The zero-order chi connectivity index (χ0) is 13.2. The van der Waals surface area contributed by atoms with Gasteiger partial charge in [-0.15, -0.1) is 0 Å². The maximum Gasteiger partial charge on any atom is 0.422 e. The topological polar surface area (TPSA) is 52.8 Å². The van der Waals surface area contributed by atoms with Crippen LogP contribution in [-0.4, -0.2) is 32.5 Å². The predicted octanol–water partition coefficient (Wildman–Crippen LogP) is 2.37. The molecule has 18 heavy (non-hydrogen) atoms. The summed E-state index contributed by atoms with van der Waals surface area (Å²) in [6.07, 6.45) is -0.0512. The molecule has 2 aromatic rings. The first kappa shape index (κ1) is 12.8. The van der Waals surface area contributed by atoms with Crippen molar-refractivity contribution in [1.82, 2.24) is 19.7 Å². The molecule has 0 spiro atoms. The van der Waals surface area contributed by atoms with Gasteiger partial charge in [-0.1, -0.05) is 0 Å². The Morgan fingerprint density at radius 2 is 2.17 bits per heavy atom. The third kappa shape index (κ3) is 3.19. The van der Waals surface area contributed by atoms with Crippen molar-refractivity contribution in [3.05, 3.63) is 29.1 Å². The molecule has 0 aliphatic rings. The first-order valence-corrected chi connectivity index (χ1v) is 5.47. The van der Waals surface area contributed by atoms with Gasteiger partial charge in [-0.3, -0.25) is 0 Å². The Kier molecular flexibility index (Phi) is 3.50. The second kappa shape index (κ2) is 4.92. The van der Waals surface area contributed by atoms with Crippen LogP contribution < -0.4 is 4.74 Å². The summed E-state index contributed by atoms with van der Waals surface area (Å²) in [6, 6.07) is 1.64. The van der Waals surface area contributed by atoms with Crippen LogP contribution >= 0.6 is 15.9 Å². The molecule has 0 aliphatic heterocycles. The van der Waals surface area contributed by atoms with Crippen LogP contribution in [0.25, 0.3) is 5.95 Å². The van der Waals surface area contributed by atoms with E-state index in [0.29, 0.717) is 0 Å². The van der Waals surface area contributed by atoms with Crippen LogP contribution in [0.5, 0.6) is 5.88 Å². The van der Waals surface area contributed by atoms with Gasteiger partial charge in [-0.2, -0.15) is 23.3 Å². The molecule has 0 saturated carbocycles. The second-order valence-electron chi connectivity index (χ2n) is 3.18. The fraction of sp³-hybridized carbons (Fsp3) is 0.222. The van der Waals surface area contributed by atoms with Crippen LogP contribution in [0.1, 0.15) is 0 Å². The van der Waals surface area contributed by atoms with Gasteiger partial charge in [0.2, 0.25) is 5.88 Å². The van der Waals surface area contributed by atoms with Crippen LogP contribution in [0.3, 0.4) is 0 Å². The molecule has 5 nitrogen and oxygen atoms in total. The summed E-state index contributed by atoms with van der Waals surface area (Å²) >= 11 is 3.01. The number of nitrogens with zero attached hydrogens (tertiary/aromatic N) is 4. The Bertz CT molecular complexity index is 529. The molecule has 9 heteroatoms. The van der Waals surface area contributed by atoms with E-state index in [0.717, 1.165) is 0 Å². The Labute approximate surface area is 108 Å². The molecule has 0 radical (unpaired) electrons. The molecule has 2 heterocycles. The van der Waals surface area contributed by atoms with Crippen LogP contribution in [-0.2, 0) is 0 Å². The van der Waals surface area contributed by atoms with E-state index in [9.17, 15) is 13.2 Å². The van der Waals surface area contributed by atoms with Crippen molar-refractivity contribution in [3.8, 4) is 11.8 Å². The molecule has 0 bridgehead atoms. The molecule has 2 aromatic heterocycles. The van der Waals surface area contributed by atoms with Crippen molar-refractivity contribution < 1.29 is 17.9 Å². The standard InChI is InChI=1S/C9H6BrF3N4O/c10-6-4-14-8(17-3-1-2-15-17)16-7(6)18-5-9(11,12)13/h1-4H,5H2. The number of hydrogen-bond donors (Lipinski definition) is 0. The molecule has 2 rings (SSSR count). The van der Waals surface area contributed by atoms with Crippen LogP contribution in [0, 0.1) is 0 Å². The maximum atomic E-state index is 12.0. The lowest BCUT2D eigenvalue weighted by Gasteiger charge is -2.10. The predicted molar refractivity (Wildman–Crippen MR) is 58.4 cm³/mol. The van der Waals surface area contributed by atoms with Gasteiger partial charge in [0.25, 0.3) is 5.95 Å². The molecular weight excluding hydrogens is 317 g/mol. The fourth-order valence-corrected chi connectivity index (χ4v) is 1.40. The number of halogens is 4. The highest BCUT2D eigenvalue weighted by molar-refractivity contribution is 9.10. The molecule has 0 atom stereocenters. The summed E-state index contributed by atoms with van der Waals surface area (Å²) in [4.78, 5) is 7.75. The average molecular weight is 323 g/mol. The zero-order valence-corrected chi connectivity index (χ0v) is 10.3. The van der Waals surface area contributed by atoms with E-state index in [4.69, 9.17) is 0 Å². The smallest absolute Gasteiger partial charge is 0.422 e. The lowest BCUT2D eigenvalue weighted by atomic mass is 10.6. The summed E-state index contributed by atoms with van der Waals surface area (Å²) in [5, 5.41) is 3.86. The Morgan fingerprint density at radius 3 is 2.78 bits per heavy atom. The van der Waals surface area contributed by atoms with Gasteiger partial charge in [0.15, 0.2) is 6.61 Å². The van der Waals surface area contributed by atoms with E-state index >= 15 is 0 Å². The number of rotatable bonds is 3. The third-order valence-corrected chi connectivity index (χ3v) is 2.33. The van der Waals surface area contributed by atoms with Crippen LogP contribution in [0.4, 0.5) is 13.2 Å². The molecule has 0 aromatic carbocycles. The molecule has 96 valence electrons. The van der Waals surface area contributed by atoms with E-state index in [-0.39, 0.29) is 16.3 Å². The maximum absolute atomic E-state index is 12.0. The normalized spacial score (nSPS) is 11.6. The number of hydrogen-bond acceptors (Lipinski definition) is 4. The lowest BCUT2D eigenvalue weighted by Crippen LogP contribution is -2.20. The van der Waals surface area contributed by atoms with Gasteiger partial charge in [0.1, 0.15) is 0 Å². The van der Waals surface area contributed by atoms with Gasteiger partial charge in [0, 0.05) is 12.4 Å². The molecule has 0 fully saturated rings. The quantitative estimate of drug-likeness (QED) is 0.870. The fourth-order valence-electron chi connectivity index (χ4n) is 1.09. The molecule has 0 amide bonds. The Hall–Kier alpha value is -1.64. The third-order valence-electron chi connectivity index (χ3n) is 1.78. The minimum atomic E-state index is -4.42. The van der Waals surface area contributed by atoms with Crippen molar-refractivity contribution in [2.24, 2.45) is 0 Å². The second-order valence-corrected chi connectivity index (χ2v) is 4.03. The van der Waals surface area contributed by atoms with Crippen molar-refractivity contribution in [2.45, 2.75) is 6.18 Å². The SMILES string of the molecule is FC(F)(F)COc1nc(-n2cccn2)ncc1Br. The molecule has 0 unspecified atom stereocenters. The summed E-state index contributed by atoms with van der Waals surface area (Å²) in [6.45, 7) is -1.42. The molecular formula is C9H6BrF3N4O. The first-order valence-electron chi connectivity index (χ1n) is 4.68. The number of aromatic nitrogens is 4. The van der Waals surface area contributed by atoms with Gasteiger partial charge >= 0.3 is 6.18 Å². The highest BCUT2D eigenvalue weighted by atomic mass is 79.9. The minimum Gasteiger partial charge on any atom is -0.467 e. The number of alkyl halides is 3. The largest absolute Gasteiger partial charge is 0.467 e. The Balaban J connectivity index is 2.22. The monoisotopic (exact) mass is 322 g/mol. The van der Waals surface area contributed by atoms with Crippen molar-refractivity contribution >= 4 is 15.9 Å². The number of ether oxygens (including phenoxy) is 1. The summed E-state index contributed by atoms with van der Waals surface area (Å²) in [5.74, 6) is -0.0619. The van der Waals surface area contributed by atoms with Gasteiger partial charge in [-0.05, 0) is 22.0 Å². The molecule has 0 aliphatic carbocycles. The summed E-state index contributed by atoms with van der Waals surface area (Å²) < 4.78 is 42.3. The average Bonchev–Trinajstić information content (AvgIpc) is 2.80. The van der Waals surface area contributed by atoms with Crippen LogP contribution in [0.15, 0.2) is 29.1 Å². The lowest BCUT2D eigenvalue weighted by molar-refractivity contribution is -0.154. The first-order chi connectivity index (χ1) is 8.46. The highest BCUT2D eigenvalue weighted by Gasteiger charge is 2.29. The van der Waals surface area contributed by atoms with Crippen molar-refractivity contribution in [1.29, 1.82) is 0 Å². The van der Waals surface area contributed by atoms with E-state index in [2.05, 4.69) is 35.7 Å². The van der Waals surface area contributed by atoms with E-state index < -0.39 is 12.8 Å². The molecule has 0 N–H and O–H groups in total. The van der Waals surface area contributed by atoms with Gasteiger partial charge in [-0.25, -0.2) is 9.67 Å². The minimum absolute atomic E-state index is 0.125. The van der Waals surface area contributed by atoms with Crippen molar-refractivity contribution in [3.63, 3.8) is 0 Å². The summed E-state index contributed by atoms with van der Waals surface area (Å²) in [5.41, 5.74) is 0. The van der Waals surface area contributed by atoms with Crippen molar-refractivity contribution in [2.75, 3.05) is 6.61 Å². The van der Waals surface area contributed by atoms with Crippen LogP contribution in [0.2, 0.25) is 0 Å². The van der Waals surface area contributed by atoms with Gasteiger partial charge in [0.05, 0.1) is 10.7 Å². The Morgan fingerprint density at radius 1 is 1.39 bits per heavy atom. The highest BCUT2D eigenvalue weighted by Crippen LogP contribution is 2.24. The van der Waals surface area contributed by atoms with E-state index in [1.54, 1.807) is 12.3 Å². The van der Waals surface area contributed by atoms with E-state index in [1.807, 2.05) is 0 Å². The van der Waals surface area contributed by atoms with Gasteiger partial charge < -0.3 is 4.74 Å². The zero-order valence-electron chi connectivity index (χ0n) is 8.73.